The molecule has 0 aliphatic carbocycles. The molecule has 33 heavy (non-hydrogen) atoms. The Hall–Kier alpha value is -4.19. The number of amides is 2. The summed E-state index contributed by atoms with van der Waals surface area (Å²) in [6.45, 7) is 1.72. The maximum Gasteiger partial charge on any atom is 0.254 e. The van der Waals surface area contributed by atoms with E-state index in [1.165, 1.54) is 5.57 Å². The molecule has 2 aromatic carbocycles. The average Bonchev–Trinajstić information content (AvgIpc) is 3.35. The highest BCUT2D eigenvalue weighted by molar-refractivity contribution is 5.95. The number of carbonyl (C=O) groups excluding carboxylic acids is 2. The molecule has 2 amide bonds. The van der Waals surface area contributed by atoms with Crippen LogP contribution in [0.5, 0.6) is 0 Å². The van der Waals surface area contributed by atoms with Crippen molar-refractivity contribution < 1.29 is 9.59 Å². The number of hydrogen-bond donors (Lipinski definition) is 1. The van der Waals surface area contributed by atoms with Gasteiger partial charge < -0.3 is 14.6 Å². The van der Waals surface area contributed by atoms with E-state index in [0.717, 1.165) is 28.8 Å². The van der Waals surface area contributed by atoms with Crippen molar-refractivity contribution in [2.24, 2.45) is 0 Å². The van der Waals surface area contributed by atoms with Gasteiger partial charge in [-0.3, -0.25) is 9.59 Å². The topological polar surface area (TPSA) is 66.7 Å². The number of imidazole rings is 1. The van der Waals surface area contributed by atoms with Gasteiger partial charge in [-0.25, -0.2) is 4.98 Å². The number of benzene rings is 2. The number of aromatic nitrogens is 2. The maximum absolute atomic E-state index is 12.6. The van der Waals surface area contributed by atoms with E-state index in [1.807, 2.05) is 88.4 Å². The van der Waals surface area contributed by atoms with E-state index in [9.17, 15) is 9.59 Å². The monoisotopic (exact) mass is 436 g/mol. The standard InChI is InChI=1S/C27H24N4O2/c32-26(29-18-20-6-11-25-28-14-17-31(25)19-20)23-9-7-21(8-10-23)22-12-15-30(16-13-22)27(33)24-4-2-1-3-5-24/h1-12,14,17,19H,13,15-16,18H2,(H,29,32). The molecule has 6 nitrogen and oxygen atoms in total. The zero-order valence-corrected chi connectivity index (χ0v) is 18.1. The summed E-state index contributed by atoms with van der Waals surface area (Å²) >= 11 is 0. The van der Waals surface area contributed by atoms with Crippen LogP contribution >= 0.6 is 0 Å². The lowest BCUT2D eigenvalue weighted by atomic mass is 9.98. The Labute approximate surface area is 192 Å². The fourth-order valence-corrected chi connectivity index (χ4v) is 4.07. The molecule has 4 aromatic rings. The van der Waals surface area contributed by atoms with Crippen LogP contribution in [0.2, 0.25) is 0 Å². The van der Waals surface area contributed by atoms with Gasteiger partial charge in [0.25, 0.3) is 11.8 Å². The minimum atomic E-state index is -0.107. The van der Waals surface area contributed by atoms with Crippen molar-refractivity contribution in [3.05, 3.63) is 114 Å². The molecule has 1 aliphatic rings. The van der Waals surface area contributed by atoms with Crippen LogP contribution in [-0.2, 0) is 6.54 Å². The van der Waals surface area contributed by atoms with Crippen molar-refractivity contribution >= 4 is 23.0 Å². The molecule has 0 fully saturated rings. The fraction of sp³-hybridized carbons (Fsp3) is 0.148. The van der Waals surface area contributed by atoms with Crippen molar-refractivity contribution in [1.29, 1.82) is 0 Å². The van der Waals surface area contributed by atoms with Gasteiger partial charge >= 0.3 is 0 Å². The first kappa shape index (κ1) is 20.7. The van der Waals surface area contributed by atoms with E-state index in [-0.39, 0.29) is 11.8 Å². The highest BCUT2D eigenvalue weighted by atomic mass is 16.2. The molecule has 0 spiro atoms. The minimum absolute atomic E-state index is 0.0603. The molecule has 0 saturated carbocycles. The van der Waals surface area contributed by atoms with Gasteiger partial charge in [-0.1, -0.05) is 42.5 Å². The van der Waals surface area contributed by atoms with E-state index in [0.29, 0.717) is 25.2 Å². The van der Waals surface area contributed by atoms with Gasteiger partial charge in [0, 0.05) is 49.4 Å². The van der Waals surface area contributed by atoms with Gasteiger partial charge in [0.2, 0.25) is 0 Å². The number of rotatable bonds is 5. The Morgan fingerprint density at radius 2 is 1.76 bits per heavy atom. The van der Waals surface area contributed by atoms with Crippen LogP contribution in [0.4, 0.5) is 0 Å². The molecule has 3 heterocycles. The van der Waals surface area contributed by atoms with Gasteiger partial charge in [-0.2, -0.15) is 0 Å². The number of carbonyl (C=O) groups is 2. The Morgan fingerprint density at radius 1 is 0.939 bits per heavy atom. The number of hydrogen-bond acceptors (Lipinski definition) is 3. The Balaban J connectivity index is 1.19. The molecule has 164 valence electrons. The van der Waals surface area contributed by atoms with E-state index in [1.54, 1.807) is 6.20 Å². The fourth-order valence-electron chi connectivity index (χ4n) is 4.07. The predicted octanol–water partition coefficient (Wildman–Crippen LogP) is 4.19. The summed E-state index contributed by atoms with van der Waals surface area (Å²) in [5.74, 6) is -0.0466. The van der Waals surface area contributed by atoms with Gasteiger partial charge in [-0.15, -0.1) is 0 Å². The van der Waals surface area contributed by atoms with Crippen molar-refractivity contribution in [2.45, 2.75) is 13.0 Å². The van der Waals surface area contributed by atoms with Crippen LogP contribution in [0.1, 0.15) is 38.3 Å². The third-order valence-electron chi connectivity index (χ3n) is 5.94. The molecular weight excluding hydrogens is 412 g/mol. The lowest BCUT2D eigenvalue weighted by Gasteiger charge is -2.27. The van der Waals surface area contributed by atoms with Crippen LogP contribution < -0.4 is 5.32 Å². The van der Waals surface area contributed by atoms with Crippen molar-refractivity contribution in [2.75, 3.05) is 13.1 Å². The minimum Gasteiger partial charge on any atom is -0.348 e. The molecule has 0 unspecified atom stereocenters. The quantitative estimate of drug-likeness (QED) is 0.510. The summed E-state index contributed by atoms with van der Waals surface area (Å²) < 4.78 is 1.93. The number of nitrogens with one attached hydrogen (secondary N) is 1. The normalized spacial score (nSPS) is 13.6. The molecule has 0 atom stereocenters. The first-order valence-corrected chi connectivity index (χ1v) is 11.0. The molecule has 6 heteroatoms. The Morgan fingerprint density at radius 3 is 2.52 bits per heavy atom. The zero-order valence-electron chi connectivity index (χ0n) is 18.1. The first-order chi connectivity index (χ1) is 16.2. The summed E-state index contributed by atoms with van der Waals surface area (Å²) in [5, 5.41) is 2.97. The number of fused-ring (bicyclic) bond motifs is 1. The lowest BCUT2D eigenvalue weighted by Crippen LogP contribution is -2.34. The van der Waals surface area contributed by atoms with Gasteiger partial charge in [0.15, 0.2) is 0 Å². The molecule has 0 saturated heterocycles. The number of pyridine rings is 1. The molecule has 1 aliphatic heterocycles. The van der Waals surface area contributed by atoms with Crippen LogP contribution in [0.15, 0.2) is 91.4 Å². The third kappa shape index (κ3) is 4.55. The van der Waals surface area contributed by atoms with E-state index >= 15 is 0 Å². The summed E-state index contributed by atoms with van der Waals surface area (Å²) in [6.07, 6.45) is 8.50. The highest BCUT2D eigenvalue weighted by Crippen LogP contribution is 2.23. The van der Waals surface area contributed by atoms with E-state index < -0.39 is 0 Å². The SMILES string of the molecule is O=C(NCc1ccc2nccn2c1)c1ccc(C2=CCN(C(=O)c3ccccc3)CC2)cc1. The largest absolute Gasteiger partial charge is 0.348 e. The van der Waals surface area contributed by atoms with Crippen LogP contribution in [-0.4, -0.2) is 39.2 Å². The van der Waals surface area contributed by atoms with Gasteiger partial charge in [-0.05, 0) is 53.5 Å². The summed E-state index contributed by atoms with van der Waals surface area (Å²) in [4.78, 5) is 31.3. The lowest BCUT2D eigenvalue weighted by molar-refractivity contribution is 0.0772. The maximum atomic E-state index is 12.6. The van der Waals surface area contributed by atoms with E-state index in [2.05, 4.69) is 16.4 Å². The van der Waals surface area contributed by atoms with Gasteiger partial charge in [0.05, 0.1) is 0 Å². The number of nitrogens with zero attached hydrogens (tertiary/aromatic N) is 3. The molecule has 5 rings (SSSR count). The second-order valence-electron chi connectivity index (χ2n) is 8.09. The van der Waals surface area contributed by atoms with E-state index in [4.69, 9.17) is 0 Å². The molecule has 2 aromatic heterocycles. The highest BCUT2D eigenvalue weighted by Gasteiger charge is 2.19. The van der Waals surface area contributed by atoms with Crippen molar-refractivity contribution in [3.63, 3.8) is 0 Å². The summed E-state index contributed by atoms with van der Waals surface area (Å²) in [5.41, 5.74) is 5.52. The third-order valence-corrected chi connectivity index (χ3v) is 5.94. The summed E-state index contributed by atoms with van der Waals surface area (Å²) in [6, 6.07) is 20.9. The smallest absolute Gasteiger partial charge is 0.254 e. The second-order valence-corrected chi connectivity index (χ2v) is 8.09. The summed E-state index contributed by atoms with van der Waals surface area (Å²) in [7, 11) is 0. The van der Waals surface area contributed by atoms with Crippen molar-refractivity contribution in [1.82, 2.24) is 19.6 Å². The first-order valence-electron chi connectivity index (χ1n) is 11.0. The van der Waals surface area contributed by atoms with Crippen molar-refractivity contribution in [3.8, 4) is 0 Å². The van der Waals surface area contributed by atoms with Crippen LogP contribution in [0, 0.1) is 0 Å². The molecule has 0 bridgehead atoms. The Kier molecular flexibility index (Phi) is 5.72. The molecule has 1 N–H and O–H groups in total. The zero-order chi connectivity index (χ0) is 22.6. The molecular formula is C27H24N4O2. The molecule has 0 radical (unpaired) electrons. The van der Waals surface area contributed by atoms with Crippen LogP contribution in [0.3, 0.4) is 0 Å². The van der Waals surface area contributed by atoms with Crippen LogP contribution in [0.25, 0.3) is 11.2 Å². The van der Waals surface area contributed by atoms with Gasteiger partial charge in [0.1, 0.15) is 5.65 Å². The second kappa shape index (κ2) is 9.12. The Bertz CT molecular complexity index is 1320. The predicted molar refractivity (Wildman–Crippen MR) is 128 cm³/mol. The average molecular weight is 437 g/mol.